The van der Waals surface area contributed by atoms with Crippen LogP contribution in [0.15, 0.2) is 41.6 Å². The number of thioether (sulfide) groups is 1. The van der Waals surface area contributed by atoms with Crippen LogP contribution in [0.1, 0.15) is 5.56 Å². The number of hydrogen-bond acceptors (Lipinski definition) is 4. The molecule has 2 aromatic carbocycles. The second-order valence-corrected chi connectivity index (χ2v) is 7.39. The van der Waals surface area contributed by atoms with E-state index in [1.54, 1.807) is 36.4 Å². The van der Waals surface area contributed by atoms with Crippen LogP contribution in [0.3, 0.4) is 0 Å². The molecule has 0 aliphatic heterocycles. The maximum Gasteiger partial charge on any atom is 0.210 e. The van der Waals surface area contributed by atoms with Crippen LogP contribution in [0.25, 0.3) is 11.4 Å². The number of nitrogens with two attached hydrogens (primary N) is 1. The van der Waals surface area contributed by atoms with E-state index in [2.05, 4.69) is 10.2 Å². The van der Waals surface area contributed by atoms with E-state index >= 15 is 0 Å². The van der Waals surface area contributed by atoms with Crippen LogP contribution in [-0.2, 0) is 5.75 Å². The van der Waals surface area contributed by atoms with Gasteiger partial charge in [-0.3, -0.25) is 0 Å². The maximum atomic E-state index is 6.19. The van der Waals surface area contributed by atoms with Crippen molar-refractivity contribution in [3.63, 3.8) is 0 Å². The number of hydrogen-bond donors (Lipinski definition) is 1. The van der Waals surface area contributed by atoms with Crippen molar-refractivity contribution in [2.75, 3.05) is 5.84 Å². The van der Waals surface area contributed by atoms with Gasteiger partial charge >= 0.3 is 0 Å². The first-order valence-electron chi connectivity index (χ1n) is 6.69. The normalized spacial score (nSPS) is 11.0. The van der Waals surface area contributed by atoms with Crippen LogP contribution >= 0.6 is 58.2 Å². The molecule has 0 aliphatic rings. The predicted octanol–water partition coefficient (Wildman–Crippen LogP) is 5.56. The second-order valence-electron chi connectivity index (χ2n) is 4.79. The van der Waals surface area contributed by atoms with Crippen LogP contribution in [-0.4, -0.2) is 14.9 Å². The van der Waals surface area contributed by atoms with E-state index in [0.29, 0.717) is 42.4 Å². The third-order valence-corrected chi connectivity index (χ3v) is 5.48. The van der Waals surface area contributed by atoms with E-state index in [-0.39, 0.29) is 0 Å². The largest absolute Gasteiger partial charge is 0.335 e. The van der Waals surface area contributed by atoms with Crippen LogP contribution in [0.4, 0.5) is 0 Å². The highest BCUT2D eigenvalue weighted by atomic mass is 35.5. The molecule has 0 fully saturated rings. The van der Waals surface area contributed by atoms with Gasteiger partial charge in [0.1, 0.15) is 0 Å². The molecule has 0 saturated carbocycles. The van der Waals surface area contributed by atoms with Crippen molar-refractivity contribution >= 4 is 58.2 Å². The summed E-state index contributed by atoms with van der Waals surface area (Å²) in [5, 5.41) is 10.9. The van der Waals surface area contributed by atoms with Gasteiger partial charge in [0.2, 0.25) is 5.16 Å². The fraction of sp³-hybridized carbons (Fsp3) is 0.0667. The predicted molar refractivity (Wildman–Crippen MR) is 102 cm³/mol. The summed E-state index contributed by atoms with van der Waals surface area (Å²) in [7, 11) is 0. The maximum absolute atomic E-state index is 6.19. The van der Waals surface area contributed by atoms with Gasteiger partial charge in [-0.15, -0.1) is 10.2 Å². The molecule has 0 radical (unpaired) electrons. The van der Waals surface area contributed by atoms with Gasteiger partial charge in [0.25, 0.3) is 0 Å². The van der Waals surface area contributed by atoms with Crippen LogP contribution < -0.4 is 5.84 Å². The molecule has 0 saturated heterocycles. The molecule has 0 unspecified atom stereocenters. The lowest BCUT2D eigenvalue weighted by Crippen LogP contribution is -2.11. The lowest BCUT2D eigenvalue weighted by atomic mass is 10.2. The molecule has 9 heteroatoms. The van der Waals surface area contributed by atoms with Crippen LogP contribution in [0.2, 0.25) is 20.1 Å². The summed E-state index contributed by atoms with van der Waals surface area (Å²) in [6.07, 6.45) is 0. The Balaban J connectivity index is 1.87. The highest BCUT2D eigenvalue weighted by molar-refractivity contribution is 7.98. The van der Waals surface area contributed by atoms with E-state index in [4.69, 9.17) is 52.2 Å². The average molecular weight is 420 g/mol. The standard InChI is InChI=1S/C15H10Cl4N4S/c16-8-4-5-13(19)9(6-8)14-21-22-15(23(14)20)24-7-10-11(17)2-1-3-12(10)18/h1-6H,7,20H2. The average Bonchev–Trinajstić information content (AvgIpc) is 2.90. The smallest absolute Gasteiger partial charge is 0.210 e. The molecule has 0 spiro atoms. The topological polar surface area (TPSA) is 56.7 Å². The zero-order chi connectivity index (χ0) is 17.3. The van der Waals surface area contributed by atoms with E-state index in [0.717, 1.165) is 5.56 Å². The van der Waals surface area contributed by atoms with Gasteiger partial charge in [-0.25, -0.2) is 4.68 Å². The highest BCUT2D eigenvalue weighted by Crippen LogP contribution is 2.33. The summed E-state index contributed by atoms with van der Waals surface area (Å²) in [4.78, 5) is 0. The van der Waals surface area contributed by atoms with Crippen molar-refractivity contribution in [2.24, 2.45) is 0 Å². The number of aromatic nitrogens is 3. The molecule has 1 aromatic heterocycles. The zero-order valence-corrected chi connectivity index (χ0v) is 15.9. The number of halogens is 4. The van der Waals surface area contributed by atoms with Gasteiger partial charge in [-0.2, -0.15) is 0 Å². The molecule has 0 amide bonds. The van der Waals surface area contributed by atoms with Crippen molar-refractivity contribution in [1.82, 2.24) is 14.9 Å². The Kier molecular flexibility index (Phi) is 5.47. The molecule has 0 aliphatic carbocycles. The summed E-state index contributed by atoms with van der Waals surface area (Å²) in [6, 6.07) is 10.4. The zero-order valence-electron chi connectivity index (χ0n) is 12.0. The lowest BCUT2D eigenvalue weighted by molar-refractivity contribution is 0.849. The third kappa shape index (κ3) is 3.60. The molecular weight excluding hydrogens is 410 g/mol. The quantitative estimate of drug-likeness (QED) is 0.443. The highest BCUT2D eigenvalue weighted by Gasteiger charge is 2.16. The summed E-state index contributed by atoms with van der Waals surface area (Å²) in [6.45, 7) is 0. The second kappa shape index (κ2) is 7.42. The Morgan fingerprint density at radius 1 is 0.958 bits per heavy atom. The van der Waals surface area contributed by atoms with Crippen LogP contribution in [0, 0.1) is 0 Å². The number of nitrogen functional groups attached to an aromatic ring is 1. The molecule has 4 nitrogen and oxygen atoms in total. The molecule has 3 aromatic rings. The van der Waals surface area contributed by atoms with Gasteiger partial charge in [0.05, 0.1) is 5.02 Å². The summed E-state index contributed by atoms with van der Waals surface area (Å²) in [5.41, 5.74) is 1.43. The first kappa shape index (κ1) is 17.7. The molecule has 3 rings (SSSR count). The third-order valence-electron chi connectivity index (χ3n) is 3.24. The molecule has 2 N–H and O–H groups in total. The van der Waals surface area contributed by atoms with E-state index in [1.807, 2.05) is 0 Å². The van der Waals surface area contributed by atoms with Gasteiger partial charge in [0.15, 0.2) is 5.82 Å². The Bertz CT molecular complexity index is 877. The molecule has 24 heavy (non-hydrogen) atoms. The van der Waals surface area contributed by atoms with Crippen LogP contribution in [0.5, 0.6) is 0 Å². The van der Waals surface area contributed by atoms with Gasteiger partial charge < -0.3 is 5.84 Å². The monoisotopic (exact) mass is 418 g/mol. The SMILES string of the molecule is Nn1c(SCc2c(Cl)cccc2Cl)nnc1-c1cc(Cl)ccc1Cl. The Hall–Kier alpha value is -1.11. The first-order valence-corrected chi connectivity index (χ1v) is 9.18. The first-order chi connectivity index (χ1) is 11.5. The number of benzene rings is 2. The van der Waals surface area contributed by atoms with Crippen molar-refractivity contribution in [3.8, 4) is 11.4 Å². The molecule has 1 heterocycles. The van der Waals surface area contributed by atoms with E-state index < -0.39 is 0 Å². The van der Waals surface area contributed by atoms with Gasteiger partial charge in [-0.05, 0) is 35.9 Å². The molecule has 0 bridgehead atoms. The number of rotatable bonds is 4. The Morgan fingerprint density at radius 3 is 2.38 bits per heavy atom. The van der Waals surface area contributed by atoms with Gasteiger partial charge in [0, 0.05) is 26.4 Å². The van der Waals surface area contributed by atoms with E-state index in [1.165, 1.54) is 16.4 Å². The molecule has 0 atom stereocenters. The van der Waals surface area contributed by atoms with Crippen molar-refractivity contribution < 1.29 is 0 Å². The molecular formula is C15H10Cl4N4S. The summed E-state index contributed by atoms with van der Waals surface area (Å²) < 4.78 is 1.37. The fourth-order valence-electron chi connectivity index (χ4n) is 2.03. The van der Waals surface area contributed by atoms with Gasteiger partial charge in [-0.1, -0.05) is 64.2 Å². The minimum Gasteiger partial charge on any atom is -0.335 e. The minimum absolute atomic E-state index is 0.426. The Morgan fingerprint density at radius 2 is 1.67 bits per heavy atom. The number of nitrogens with zero attached hydrogens (tertiary/aromatic N) is 3. The minimum atomic E-state index is 0.426. The van der Waals surface area contributed by atoms with Crippen molar-refractivity contribution in [2.45, 2.75) is 10.9 Å². The van der Waals surface area contributed by atoms with Crippen molar-refractivity contribution in [3.05, 3.63) is 62.1 Å². The van der Waals surface area contributed by atoms with Crippen molar-refractivity contribution in [1.29, 1.82) is 0 Å². The summed E-state index contributed by atoms with van der Waals surface area (Å²) >= 11 is 25.9. The summed E-state index contributed by atoms with van der Waals surface area (Å²) in [5.74, 6) is 7.03. The fourth-order valence-corrected chi connectivity index (χ4v) is 4.01. The van der Waals surface area contributed by atoms with E-state index in [9.17, 15) is 0 Å². The lowest BCUT2D eigenvalue weighted by Gasteiger charge is -2.07. The molecule has 124 valence electrons. The Labute approximate surface area is 162 Å².